The Morgan fingerprint density at radius 1 is 1.17 bits per heavy atom. The highest BCUT2D eigenvalue weighted by atomic mass is 16.4. The van der Waals surface area contributed by atoms with E-state index in [0.717, 1.165) is 24.0 Å². The van der Waals surface area contributed by atoms with Crippen LogP contribution in [-0.4, -0.2) is 22.7 Å². The highest BCUT2D eigenvalue weighted by Gasteiger charge is 2.17. The van der Waals surface area contributed by atoms with Crippen molar-refractivity contribution in [1.29, 1.82) is 0 Å². The number of aliphatic hydroxyl groups excluding tert-OH is 1. The molecule has 1 aromatic rings. The van der Waals surface area contributed by atoms with E-state index in [9.17, 15) is 4.79 Å². The molecule has 0 aliphatic heterocycles. The number of aliphatic hydroxyl groups is 1. The van der Waals surface area contributed by atoms with Crippen LogP contribution in [0.5, 0.6) is 0 Å². The molecule has 0 saturated carbocycles. The third kappa shape index (κ3) is 4.85. The van der Waals surface area contributed by atoms with Crippen LogP contribution < -0.4 is 5.73 Å². The summed E-state index contributed by atoms with van der Waals surface area (Å²) in [5, 5.41) is 18.1. The Morgan fingerprint density at radius 3 is 2.28 bits per heavy atom. The smallest absolute Gasteiger partial charge is 0.306 e. The number of aliphatic carboxylic acids is 1. The maximum absolute atomic E-state index is 11.1. The zero-order valence-electron chi connectivity index (χ0n) is 10.5. The summed E-state index contributed by atoms with van der Waals surface area (Å²) in [6.45, 7) is 0.622. The Kier molecular flexibility index (Phi) is 6.39. The van der Waals surface area contributed by atoms with Gasteiger partial charge in [-0.1, -0.05) is 30.7 Å². The van der Waals surface area contributed by atoms with Gasteiger partial charge in [0.05, 0.1) is 12.5 Å². The molecule has 100 valence electrons. The van der Waals surface area contributed by atoms with Gasteiger partial charge in [0.25, 0.3) is 0 Å². The van der Waals surface area contributed by atoms with Gasteiger partial charge in [-0.15, -0.1) is 0 Å². The number of hydrogen-bond donors (Lipinski definition) is 3. The van der Waals surface area contributed by atoms with Gasteiger partial charge in [-0.2, -0.15) is 0 Å². The lowest BCUT2D eigenvalue weighted by molar-refractivity contribution is -0.142. The zero-order chi connectivity index (χ0) is 13.4. The van der Waals surface area contributed by atoms with Crippen LogP contribution in [0.25, 0.3) is 0 Å². The topological polar surface area (TPSA) is 83.5 Å². The van der Waals surface area contributed by atoms with Gasteiger partial charge in [0.1, 0.15) is 0 Å². The van der Waals surface area contributed by atoms with Crippen molar-refractivity contribution in [1.82, 2.24) is 0 Å². The quantitative estimate of drug-likeness (QED) is 0.612. The van der Waals surface area contributed by atoms with Gasteiger partial charge in [-0.3, -0.25) is 4.79 Å². The van der Waals surface area contributed by atoms with Crippen LogP contribution in [-0.2, 0) is 17.8 Å². The first-order valence-corrected chi connectivity index (χ1v) is 6.29. The van der Waals surface area contributed by atoms with Gasteiger partial charge < -0.3 is 15.9 Å². The van der Waals surface area contributed by atoms with Crippen molar-refractivity contribution in [2.24, 2.45) is 11.7 Å². The van der Waals surface area contributed by atoms with Gasteiger partial charge in [-0.25, -0.2) is 0 Å². The minimum Gasteiger partial charge on any atom is -0.481 e. The third-order valence-electron chi connectivity index (χ3n) is 3.04. The Labute approximate surface area is 107 Å². The summed E-state index contributed by atoms with van der Waals surface area (Å²) in [6, 6.07) is 7.41. The van der Waals surface area contributed by atoms with Gasteiger partial charge in [0.2, 0.25) is 0 Å². The SMILES string of the molecule is NCCCCC(Cc1ccc(CO)cc1)C(=O)O. The van der Waals surface area contributed by atoms with Crippen LogP contribution >= 0.6 is 0 Å². The molecule has 1 atom stereocenters. The number of nitrogens with two attached hydrogens (primary N) is 1. The van der Waals surface area contributed by atoms with E-state index in [1.807, 2.05) is 24.3 Å². The fourth-order valence-corrected chi connectivity index (χ4v) is 1.91. The van der Waals surface area contributed by atoms with E-state index in [-0.39, 0.29) is 12.5 Å². The van der Waals surface area contributed by atoms with Crippen LogP contribution in [0.1, 0.15) is 30.4 Å². The second-order valence-corrected chi connectivity index (χ2v) is 4.50. The van der Waals surface area contributed by atoms with Gasteiger partial charge >= 0.3 is 5.97 Å². The number of carboxylic acids is 1. The number of carbonyl (C=O) groups is 1. The molecular formula is C14H21NO3. The maximum atomic E-state index is 11.1. The van der Waals surface area contributed by atoms with Crippen LogP contribution in [0.4, 0.5) is 0 Å². The molecule has 0 amide bonds. The van der Waals surface area contributed by atoms with Crippen LogP contribution in [0.15, 0.2) is 24.3 Å². The molecule has 1 aromatic carbocycles. The first-order valence-electron chi connectivity index (χ1n) is 6.29. The summed E-state index contributed by atoms with van der Waals surface area (Å²) < 4.78 is 0. The summed E-state index contributed by atoms with van der Waals surface area (Å²) in [5.41, 5.74) is 7.24. The summed E-state index contributed by atoms with van der Waals surface area (Å²) in [5.74, 6) is -1.10. The lowest BCUT2D eigenvalue weighted by Crippen LogP contribution is -2.17. The molecule has 4 N–H and O–H groups in total. The zero-order valence-corrected chi connectivity index (χ0v) is 10.5. The molecular weight excluding hydrogens is 230 g/mol. The predicted molar refractivity (Wildman–Crippen MR) is 70.1 cm³/mol. The average Bonchev–Trinajstić information content (AvgIpc) is 2.38. The first-order chi connectivity index (χ1) is 8.67. The molecule has 0 aliphatic carbocycles. The number of unbranched alkanes of at least 4 members (excludes halogenated alkanes) is 1. The molecule has 4 heteroatoms. The van der Waals surface area contributed by atoms with Gasteiger partial charge in [0, 0.05) is 0 Å². The maximum Gasteiger partial charge on any atom is 0.306 e. The van der Waals surface area contributed by atoms with Crippen LogP contribution in [0.3, 0.4) is 0 Å². The number of rotatable bonds is 8. The van der Waals surface area contributed by atoms with Crippen molar-refractivity contribution < 1.29 is 15.0 Å². The molecule has 1 rings (SSSR count). The lowest BCUT2D eigenvalue weighted by Gasteiger charge is -2.12. The van der Waals surface area contributed by atoms with Crippen molar-refractivity contribution in [2.75, 3.05) is 6.54 Å². The molecule has 0 heterocycles. The van der Waals surface area contributed by atoms with E-state index in [2.05, 4.69) is 0 Å². The van der Waals surface area contributed by atoms with E-state index < -0.39 is 5.97 Å². The van der Waals surface area contributed by atoms with E-state index in [1.165, 1.54) is 0 Å². The Morgan fingerprint density at radius 2 is 1.78 bits per heavy atom. The second-order valence-electron chi connectivity index (χ2n) is 4.50. The van der Waals surface area contributed by atoms with E-state index in [0.29, 0.717) is 19.4 Å². The normalized spacial score (nSPS) is 12.3. The minimum atomic E-state index is -0.752. The van der Waals surface area contributed by atoms with Crippen LogP contribution in [0, 0.1) is 5.92 Å². The highest BCUT2D eigenvalue weighted by Crippen LogP contribution is 2.16. The molecule has 0 bridgehead atoms. The third-order valence-corrected chi connectivity index (χ3v) is 3.04. The molecule has 0 aromatic heterocycles. The summed E-state index contributed by atoms with van der Waals surface area (Å²) >= 11 is 0. The standard InChI is InChI=1S/C14H21NO3/c15-8-2-1-3-13(14(17)18)9-11-4-6-12(10-16)7-5-11/h4-7,13,16H,1-3,8-10,15H2,(H,17,18). The minimum absolute atomic E-state index is 0.0130. The van der Waals surface area contributed by atoms with E-state index in [1.54, 1.807) is 0 Å². The number of benzene rings is 1. The van der Waals surface area contributed by atoms with Crippen molar-refractivity contribution in [3.63, 3.8) is 0 Å². The molecule has 0 aliphatic rings. The second kappa shape index (κ2) is 7.84. The summed E-state index contributed by atoms with van der Waals surface area (Å²) in [6.07, 6.45) is 2.91. The molecule has 0 radical (unpaired) electrons. The molecule has 1 unspecified atom stereocenters. The van der Waals surface area contributed by atoms with E-state index in [4.69, 9.17) is 15.9 Å². The average molecular weight is 251 g/mol. The number of carboxylic acid groups (broad SMARTS) is 1. The van der Waals surface area contributed by atoms with Crippen molar-refractivity contribution in [2.45, 2.75) is 32.3 Å². The largest absolute Gasteiger partial charge is 0.481 e. The van der Waals surface area contributed by atoms with Gasteiger partial charge in [0.15, 0.2) is 0 Å². The van der Waals surface area contributed by atoms with Crippen LogP contribution in [0.2, 0.25) is 0 Å². The lowest BCUT2D eigenvalue weighted by atomic mass is 9.94. The molecule has 0 fully saturated rings. The number of hydrogen-bond acceptors (Lipinski definition) is 3. The van der Waals surface area contributed by atoms with Crippen molar-refractivity contribution >= 4 is 5.97 Å². The first kappa shape index (κ1) is 14.7. The Bertz CT molecular complexity index is 362. The summed E-state index contributed by atoms with van der Waals surface area (Å²) in [4.78, 5) is 11.1. The van der Waals surface area contributed by atoms with Gasteiger partial charge in [-0.05, 0) is 36.9 Å². The van der Waals surface area contributed by atoms with Crippen molar-refractivity contribution in [3.8, 4) is 0 Å². The fraction of sp³-hybridized carbons (Fsp3) is 0.500. The molecule has 18 heavy (non-hydrogen) atoms. The molecule has 0 saturated heterocycles. The monoisotopic (exact) mass is 251 g/mol. The molecule has 0 spiro atoms. The Hall–Kier alpha value is -1.39. The Balaban J connectivity index is 2.56. The summed E-state index contributed by atoms with van der Waals surface area (Å²) in [7, 11) is 0. The predicted octanol–water partition coefficient (Wildman–Crippen LogP) is 1.55. The van der Waals surface area contributed by atoms with E-state index >= 15 is 0 Å². The highest BCUT2D eigenvalue weighted by molar-refractivity contribution is 5.70. The van der Waals surface area contributed by atoms with Crippen molar-refractivity contribution in [3.05, 3.63) is 35.4 Å². The molecule has 4 nitrogen and oxygen atoms in total. The fourth-order valence-electron chi connectivity index (χ4n) is 1.91.